The maximum absolute atomic E-state index is 12.0. The molecule has 1 N–H and O–H groups in total. The summed E-state index contributed by atoms with van der Waals surface area (Å²) in [6.45, 7) is 0. The van der Waals surface area contributed by atoms with Crippen LogP contribution < -0.4 is 5.43 Å². The zero-order valence-electron chi connectivity index (χ0n) is 11.8. The molecule has 110 valence electrons. The average molecular weight is 294 g/mol. The van der Waals surface area contributed by atoms with E-state index in [1.807, 2.05) is 24.3 Å². The smallest absolute Gasteiger partial charge is 0.371 e. The topological polar surface area (TPSA) is 67.5 Å². The van der Waals surface area contributed by atoms with E-state index >= 15 is 0 Å². The standard InChI is InChI=1S/C18H14O4/c19-15-11-17(18(20)21)22-16-9-8-13(10-14(15)16)7-6-12-4-2-1-3-5-12/h1-5,8-11H,6-7H2,(H,20,21). The van der Waals surface area contributed by atoms with Crippen molar-refractivity contribution in [2.75, 3.05) is 0 Å². The van der Waals surface area contributed by atoms with Crippen molar-refractivity contribution in [1.29, 1.82) is 0 Å². The average Bonchev–Trinajstić information content (AvgIpc) is 2.54. The van der Waals surface area contributed by atoms with Crippen LogP contribution in [0, 0.1) is 0 Å². The molecule has 2 aromatic carbocycles. The van der Waals surface area contributed by atoms with Gasteiger partial charge in [-0.1, -0.05) is 36.4 Å². The van der Waals surface area contributed by atoms with E-state index in [0.29, 0.717) is 11.0 Å². The van der Waals surface area contributed by atoms with E-state index in [4.69, 9.17) is 9.52 Å². The second-order valence-electron chi connectivity index (χ2n) is 5.10. The number of carboxylic acid groups (broad SMARTS) is 1. The second-order valence-corrected chi connectivity index (χ2v) is 5.10. The van der Waals surface area contributed by atoms with Gasteiger partial charge in [0.2, 0.25) is 5.76 Å². The Kier molecular flexibility index (Phi) is 3.74. The molecule has 0 atom stereocenters. The van der Waals surface area contributed by atoms with Gasteiger partial charge in [-0.05, 0) is 36.1 Å². The molecule has 0 aliphatic rings. The maximum Gasteiger partial charge on any atom is 0.371 e. The fraction of sp³-hybridized carbons (Fsp3) is 0.111. The van der Waals surface area contributed by atoms with Gasteiger partial charge in [-0.25, -0.2) is 4.79 Å². The van der Waals surface area contributed by atoms with Gasteiger partial charge in [0.15, 0.2) is 5.43 Å². The van der Waals surface area contributed by atoms with Gasteiger partial charge in [-0.15, -0.1) is 0 Å². The predicted molar refractivity (Wildman–Crippen MR) is 83.3 cm³/mol. The number of aryl methyl sites for hydroxylation is 2. The molecule has 0 unspecified atom stereocenters. The fourth-order valence-electron chi connectivity index (χ4n) is 2.40. The number of carbonyl (C=O) groups is 1. The third-order valence-electron chi connectivity index (χ3n) is 3.55. The minimum Gasteiger partial charge on any atom is -0.475 e. The highest BCUT2D eigenvalue weighted by Crippen LogP contribution is 2.16. The van der Waals surface area contributed by atoms with E-state index in [2.05, 4.69) is 12.1 Å². The molecule has 0 spiro atoms. The van der Waals surface area contributed by atoms with Crippen LogP contribution in [0.4, 0.5) is 0 Å². The zero-order valence-corrected chi connectivity index (χ0v) is 11.8. The van der Waals surface area contributed by atoms with E-state index < -0.39 is 5.97 Å². The van der Waals surface area contributed by atoms with Crippen molar-refractivity contribution in [3.05, 3.63) is 81.7 Å². The molecular formula is C18H14O4. The fourth-order valence-corrected chi connectivity index (χ4v) is 2.40. The highest BCUT2D eigenvalue weighted by atomic mass is 16.4. The molecule has 0 fully saturated rings. The van der Waals surface area contributed by atoms with Gasteiger partial charge in [0.25, 0.3) is 0 Å². The number of hydrogen-bond acceptors (Lipinski definition) is 3. The zero-order chi connectivity index (χ0) is 15.5. The van der Waals surface area contributed by atoms with Gasteiger partial charge in [0, 0.05) is 6.07 Å². The van der Waals surface area contributed by atoms with Crippen LogP contribution in [0.15, 0.2) is 63.8 Å². The Labute approximate surface area is 126 Å². The summed E-state index contributed by atoms with van der Waals surface area (Å²) >= 11 is 0. The molecule has 3 aromatic rings. The summed E-state index contributed by atoms with van der Waals surface area (Å²) in [5.74, 6) is -1.58. The Balaban J connectivity index is 1.90. The first kappa shape index (κ1) is 14.1. The number of fused-ring (bicyclic) bond motifs is 1. The van der Waals surface area contributed by atoms with Crippen molar-refractivity contribution in [2.24, 2.45) is 0 Å². The normalized spacial score (nSPS) is 10.7. The second kappa shape index (κ2) is 5.85. The van der Waals surface area contributed by atoms with E-state index in [1.165, 1.54) is 5.56 Å². The van der Waals surface area contributed by atoms with Gasteiger partial charge in [0.05, 0.1) is 5.39 Å². The summed E-state index contributed by atoms with van der Waals surface area (Å²) < 4.78 is 5.22. The summed E-state index contributed by atoms with van der Waals surface area (Å²) in [5.41, 5.74) is 2.22. The Bertz CT molecular complexity index is 878. The summed E-state index contributed by atoms with van der Waals surface area (Å²) in [5, 5.41) is 9.31. The molecule has 0 bridgehead atoms. The van der Waals surface area contributed by atoms with E-state index in [1.54, 1.807) is 12.1 Å². The molecule has 0 aliphatic heterocycles. The minimum absolute atomic E-state index is 0.299. The lowest BCUT2D eigenvalue weighted by Gasteiger charge is -2.04. The molecular weight excluding hydrogens is 280 g/mol. The number of carboxylic acids is 1. The largest absolute Gasteiger partial charge is 0.475 e. The number of hydrogen-bond donors (Lipinski definition) is 1. The van der Waals surface area contributed by atoms with Crippen LogP contribution in [-0.2, 0) is 12.8 Å². The van der Waals surface area contributed by atoms with Crippen molar-refractivity contribution in [3.8, 4) is 0 Å². The molecule has 0 radical (unpaired) electrons. The molecule has 22 heavy (non-hydrogen) atoms. The third-order valence-corrected chi connectivity index (χ3v) is 3.55. The molecule has 1 aromatic heterocycles. The van der Waals surface area contributed by atoms with Crippen molar-refractivity contribution in [3.63, 3.8) is 0 Å². The van der Waals surface area contributed by atoms with Gasteiger partial charge in [-0.2, -0.15) is 0 Å². The molecule has 3 rings (SSSR count). The molecule has 1 heterocycles. The Morgan fingerprint density at radius 1 is 0.955 bits per heavy atom. The van der Waals surface area contributed by atoms with E-state index in [-0.39, 0.29) is 11.2 Å². The number of benzene rings is 2. The lowest BCUT2D eigenvalue weighted by atomic mass is 10.0. The van der Waals surface area contributed by atoms with E-state index in [0.717, 1.165) is 24.5 Å². The van der Waals surface area contributed by atoms with Crippen LogP contribution in [0.5, 0.6) is 0 Å². The predicted octanol–water partition coefficient (Wildman–Crippen LogP) is 3.28. The van der Waals surface area contributed by atoms with Gasteiger partial charge < -0.3 is 9.52 Å². The maximum atomic E-state index is 12.0. The quantitative estimate of drug-likeness (QED) is 0.802. The highest BCUT2D eigenvalue weighted by molar-refractivity contribution is 5.87. The molecule has 4 heteroatoms. The summed E-state index contributed by atoms with van der Waals surface area (Å²) in [4.78, 5) is 22.9. The number of rotatable bonds is 4. The van der Waals surface area contributed by atoms with Crippen LogP contribution in [0.1, 0.15) is 21.7 Å². The van der Waals surface area contributed by atoms with E-state index in [9.17, 15) is 9.59 Å². The Hall–Kier alpha value is -2.88. The van der Waals surface area contributed by atoms with Crippen molar-refractivity contribution >= 4 is 16.9 Å². The van der Waals surface area contributed by atoms with Crippen LogP contribution in [0.3, 0.4) is 0 Å². The van der Waals surface area contributed by atoms with Crippen LogP contribution in [0.25, 0.3) is 11.0 Å². The summed E-state index contributed by atoms with van der Waals surface area (Å²) in [7, 11) is 0. The molecule has 0 saturated carbocycles. The third kappa shape index (κ3) is 2.91. The van der Waals surface area contributed by atoms with Crippen LogP contribution in [-0.4, -0.2) is 11.1 Å². The summed E-state index contributed by atoms with van der Waals surface area (Å²) in [6.07, 6.45) is 1.69. The first-order chi connectivity index (χ1) is 10.6. The van der Waals surface area contributed by atoms with Crippen molar-refractivity contribution in [1.82, 2.24) is 0 Å². The SMILES string of the molecule is O=C(O)c1cc(=O)c2cc(CCc3ccccc3)ccc2o1. The van der Waals surface area contributed by atoms with Gasteiger partial charge in [0.1, 0.15) is 5.58 Å². The molecule has 0 aliphatic carbocycles. The van der Waals surface area contributed by atoms with Crippen LogP contribution in [0.2, 0.25) is 0 Å². The van der Waals surface area contributed by atoms with Gasteiger partial charge in [-0.3, -0.25) is 4.79 Å². The lowest BCUT2D eigenvalue weighted by molar-refractivity contribution is 0.0663. The Morgan fingerprint density at radius 3 is 2.41 bits per heavy atom. The van der Waals surface area contributed by atoms with Crippen LogP contribution >= 0.6 is 0 Å². The van der Waals surface area contributed by atoms with Crippen molar-refractivity contribution in [2.45, 2.75) is 12.8 Å². The monoisotopic (exact) mass is 294 g/mol. The Morgan fingerprint density at radius 2 is 1.68 bits per heavy atom. The summed E-state index contributed by atoms with van der Waals surface area (Å²) in [6, 6.07) is 16.4. The molecule has 4 nitrogen and oxygen atoms in total. The minimum atomic E-state index is -1.24. The van der Waals surface area contributed by atoms with Gasteiger partial charge >= 0.3 is 5.97 Å². The first-order valence-corrected chi connectivity index (χ1v) is 6.97. The molecule has 0 amide bonds. The lowest BCUT2D eigenvalue weighted by Crippen LogP contribution is -2.06. The highest BCUT2D eigenvalue weighted by Gasteiger charge is 2.11. The van der Waals surface area contributed by atoms with Crippen molar-refractivity contribution < 1.29 is 14.3 Å². The first-order valence-electron chi connectivity index (χ1n) is 6.97. The molecule has 0 saturated heterocycles. The number of aromatic carboxylic acids is 1.